The number of ether oxygens (including phenoxy) is 1. The van der Waals surface area contributed by atoms with E-state index in [0.29, 0.717) is 12.3 Å². The maximum atomic E-state index is 11.5. The molecule has 3 aliphatic rings. The number of rotatable bonds is 0. The van der Waals surface area contributed by atoms with E-state index in [9.17, 15) is 4.79 Å². The summed E-state index contributed by atoms with van der Waals surface area (Å²) in [6, 6.07) is 0. The van der Waals surface area contributed by atoms with Gasteiger partial charge in [-0.2, -0.15) is 0 Å². The van der Waals surface area contributed by atoms with Crippen LogP contribution in [0.3, 0.4) is 0 Å². The molecule has 5 nitrogen and oxygen atoms in total. The predicted molar refractivity (Wildman–Crippen MR) is 45.8 cm³/mol. The van der Waals surface area contributed by atoms with Crippen molar-refractivity contribution >= 4 is 17.3 Å². The summed E-state index contributed by atoms with van der Waals surface area (Å²) in [7, 11) is 0. The molecule has 0 aromatic rings. The van der Waals surface area contributed by atoms with Crippen LogP contribution in [0.5, 0.6) is 0 Å². The average molecular weight is 179 g/mol. The normalized spacial score (nSPS) is 36.2. The summed E-state index contributed by atoms with van der Waals surface area (Å²) in [5.74, 6) is -0.842. The lowest BCUT2D eigenvalue weighted by Gasteiger charge is -2.22. The van der Waals surface area contributed by atoms with Crippen molar-refractivity contribution < 1.29 is 9.53 Å². The second-order valence-corrected chi connectivity index (χ2v) is 3.42. The molecule has 0 radical (unpaired) electrons. The Morgan fingerprint density at radius 3 is 3.15 bits per heavy atom. The van der Waals surface area contributed by atoms with Gasteiger partial charge in [0.2, 0.25) is 0 Å². The Kier molecular flexibility index (Phi) is 1.20. The number of amides is 1. The molecule has 1 N–H and O–H groups in total. The number of carbonyl (C=O) groups excluding carboxylic acids is 1. The van der Waals surface area contributed by atoms with Gasteiger partial charge >= 0.3 is 0 Å². The zero-order chi connectivity index (χ0) is 8.89. The number of aliphatic imine (C=N–C) groups is 2. The number of hydrogen-bond acceptors (Lipinski definition) is 4. The van der Waals surface area contributed by atoms with Crippen molar-refractivity contribution in [3.05, 3.63) is 0 Å². The van der Waals surface area contributed by atoms with Gasteiger partial charge in [-0.1, -0.05) is 0 Å². The van der Waals surface area contributed by atoms with Gasteiger partial charge < -0.3 is 10.1 Å². The topological polar surface area (TPSA) is 66.3 Å². The van der Waals surface area contributed by atoms with Crippen LogP contribution in [0.15, 0.2) is 9.98 Å². The van der Waals surface area contributed by atoms with Crippen molar-refractivity contribution in [3.8, 4) is 0 Å². The molecule has 1 atom stereocenters. The fraction of sp³-hybridized carbons (Fsp3) is 0.625. The van der Waals surface area contributed by atoms with Crippen molar-refractivity contribution in [2.45, 2.75) is 18.7 Å². The third-order valence-electron chi connectivity index (χ3n) is 2.37. The van der Waals surface area contributed by atoms with Crippen molar-refractivity contribution in [3.63, 3.8) is 0 Å². The van der Waals surface area contributed by atoms with Crippen LogP contribution in [0, 0.1) is 0 Å². The SMILES string of the molecule is O=C1NC2(CO2)N=C2CCCN=C12. The maximum Gasteiger partial charge on any atom is 0.275 e. The van der Waals surface area contributed by atoms with Crippen molar-refractivity contribution in [1.29, 1.82) is 0 Å². The summed E-state index contributed by atoms with van der Waals surface area (Å²) in [6.07, 6.45) is 1.82. The first-order chi connectivity index (χ1) is 6.29. The molecule has 0 aliphatic carbocycles. The first kappa shape index (κ1) is 7.20. The monoisotopic (exact) mass is 179 g/mol. The molecule has 1 saturated heterocycles. The fourth-order valence-corrected chi connectivity index (χ4v) is 1.65. The highest BCUT2D eigenvalue weighted by atomic mass is 16.6. The third kappa shape index (κ3) is 1.00. The number of fused-ring (bicyclic) bond motifs is 1. The number of epoxide rings is 1. The van der Waals surface area contributed by atoms with Gasteiger partial charge in [-0.05, 0) is 12.8 Å². The summed E-state index contributed by atoms with van der Waals surface area (Å²) in [5.41, 5.74) is 1.32. The van der Waals surface area contributed by atoms with Gasteiger partial charge in [0.15, 0.2) is 0 Å². The molecule has 3 aliphatic heterocycles. The van der Waals surface area contributed by atoms with E-state index in [1.807, 2.05) is 0 Å². The van der Waals surface area contributed by atoms with E-state index < -0.39 is 5.85 Å². The number of nitrogens with one attached hydrogen (secondary N) is 1. The average Bonchev–Trinajstić information content (AvgIpc) is 2.85. The molecule has 1 spiro atoms. The van der Waals surface area contributed by atoms with E-state index in [0.717, 1.165) is 25.1 Å². The smallest absolute Gasteiger partial charge is 0.275 e. The molecule has 0 saturated carbocycles. The van der Waals surface area contributed by atoms with Crippen LogP contribution in [0.2, 0.25) is 0 Å². The zero-order valence-electron chi connectivity index (χ0n) is 7.04. The van der Waals surface area contributed by atoms with E-state index >= 15 is 0 Å². The predicted octanol–water partition coefficient (Wildman–Crippen LogP) is -0.524. The third-order valence-corrected chi connectivity index (χ3v) is 2.37. The number of carbonyl (C=O) groups is 1. The van der Waals surface area contributed by atoms with E-state index in [4.69, 9.17) is 4.74 Å². The first-order valence-electron chi connectivity index (χ1n) is 4.39. The highest BCUT2D eigenvalue weighted by Gasteiger charge is 2.51. The molecule has 0 aromatic carbocycles. The van der Waals surface area contributed by atoms with E-state index in [1.165, 1.54) is 0 Å². The highest BCUT2D eigenvalue weighted by Crippen LogP contribution is 2.29. The number of nitrogens with zero attached hydrogens (tertiary/aromatic N) is 2. The van der Waals surface area contributed by atoms with Gasteiger partial charge in [-0.15, -0.1) is 0 Å². The minimum atomic E-state index is -0.706. The minimum Gasteiger partial charge on any atom is -0.328 e. The Hall–Kier alpha value is -1.23. The second kappa shape index (κ2) is 2.17. The number of hydrogen-bond donors (Lipinski definition) is 1. The van der Waals surface area contributed by atoms with Crippen LogP contribution in [-0.4, -0.2) is 36.3 Å². The lowest BCUT2D eigenvalue weighted by Crippen LogP contribution is -2.50. The summed E-state index contributed by atoms with van der Waals surface area (Å²) in [6.45, 7) is 1.23. The molecule has 3 heterocycles. The molecule has 3 rings (SSSR count). The largest absolute Gasteiger partial charge is 0.328 e. The first-order valence-corrected chi connectivity index (χ1v) is 4.39. The van der Waals surface area contributed by atoms with Crippen molar-refractivity contribution in [2.24, 2.45) is 9.98 Å². The van der Waals surface area contributed by atoms with E-state index in [2.05, 4.69) is 15.3 Å². The van der Waals surface area contributed by atoms with Gasteiger partial charge in [0.1, 0.15) is 12.3 Å². The van der Waals surface area contributed by atoms with Gasteiger partial charge in [0, 0.05) is 6.54 Å². The Labute approximate surface area is 74.9 Å². The van der Waals surface area contributed by atoms with Gasteiger partial charge in [-0.25, -0.2) is 4.99 Å². The Bertz CT molecular complexity index is 341. The summed E-state index contributed by atoms with van der Waals surface area (Å²) in [5, 5.41) is 2.69. The van der Waals surface area contributed by atoms with Crippen LogP contribution >= 0.6 is 0 Å². The van der Waals surface area contributed by atoms with Crippen LogP contribution in [0.25, 0.3) is 0 Å². The maximum absolute atomic E-state index is 11.5. The molecular weight excluding hydrogens is 170 g/mol. The van der Waals surface area contributed by atoms with Crippen molar-refractivity contribution in [2.75, 3.05) is 13.2 Å². The molecule has 0 aromatic heterocycles. The van der Waals surface area contributed by atoms with Gasteiger partial charge in [0.25, 0.3) is 11.8 Å². The van der Waals surface area contributed by atoms with Crippen LogP contribution < -0.4 is 5.32 Å². The Morgan fingerprint density at radius 1 is 1.54 bits per heavy atom. The lowest BCUT2D eigenvalue weighted by molar-refractivity contribution is -0.116. The van der Waals surface area contributed by atoms with Crippen LogP contribution in [-0.2, 0) is 9.53 Å². The minimum absolute atomic E-state index is 0.137. The van der Waals surface area contributed by atoms with Crippen molar-refractivity contribution in [1.82, 2.24) is 5.32 Å². The van der Waals surface area contributed by atoms with Gasteiger partial charge in [-0.3, -0.25) is 9.79 Å². The molecule has 1 fully saturated rings. The van der Waals surface area contributed by atoms with Crippen LogP contribution in [0.1, 0.15) is 12.8 Å². The standard InChI is InChI=1S/C8H9N3O2/c12-7-6-5(2-1-3-9-6)10-8(11-7)4-13-8/h1-4H2,(H,11,12). The zero-order valence-corrected chi connectivity index (χ0v) is 7.04. The molecule has 13 heavy (non-hydrogen) atoms. The second-order valence-electron chi connectivity index (χ2n) is 3.42. The van der Waals surface area contributed by atoms with E-state index in [1.54, 1.807) is 0 Å². The Morgan fingerprint density at radius 2 is 2.38 bits per heavy atom. The molecule has 68 valence electrons. The molecule has 1 unspecified atom stereocenters. The van der Waals surface area contributed by atoms with Crippen LogP contribution in [0.4, 0.5) is 0 Å². The summed E-state index contributed by atoms with van der Waals surface area (Å²) < 4.78 is 5.08. The highest BCUT2D eigenvalue weighted by molar-refractivity contribution is 6.67. The molecule has 1 amide bonds. The Balaban J connectivity index is 2.06. The van der Waals surface area contributed by atoms with Gasteiger partial charge in [0.05, 0.1) is 5.71 Å². The summed E-state index contributed by atoms with van der Waals surface area (Å²) in [4.78, 5) is 20.0. The fourth-order valence-electron chi connectivity index (χ4n) is 1.65. The molecule has 0 bridgehead atoms. The molecular formula is C8H9N3O2. The summed E-state index contributed by atoms with van der Waals surface area (Å²) >= 11 is 0. The molecule has 5 heteroatoms. The lowest BCUT2D eigenvalue weighted by atomic mass is 10.0. The van der Waals surface area contributed by atoms with E-state index in [-0.39, 0.29) is 5.91 Å². The quantitative estimate of drug-likeness (QED) is 0.508.